The van der Waals surface area contributed by atoms with Gasteiger partial charge in [-0.2, -0.15) is 5.26 Å². The van der Waals surface area contributed by atoms with E-state index in [-0.39, 0.29) is 0 Å². The van der Waals surface area contributed by atoms with Crippen LogP contribution in [0.1, 0.15) is 5.56 Å². The SMILES string of the molecule is N#Cc1ccncc1Oc1cc(Br)ccc1Cl. The molecule has 84 valence electrons. The summed E-state index contributed by atoms with van der Waals surface area (Å²) in [4.78, 5) is 3.91. The molecule has 0 aliphatic carbocycles. The van der Waals surface area contributed by atoms with E-state index < -0.39 is 0 Å². The number of hydrogen-bond donors (Lipinski definition) is 0. The standard InChI is InChI=1S/C12H6BrClN2O/c13-9-1-2-10(14)11(5-9)17-12-7-16-4-3-8(12)6-15/h1-5,7H. The molecule has 2 rings (SSSR count). The minimum Gasteiger partial charge on any atom is -0.453 e. The van der Waals surface area contributed by atoms with E-state index in [9.17, 15) is 0 Å². The van der Waals surface area contributed by atoms with Gasteiger partial charge in [-0.3, -0.25) is 4.98 Å². The number of ether oxygens (including phenoxy) is 1. The number of nitrogens with zero attached hydrogens (tertiary/aromatic N) is 2. The van der Waals surface area contributed by atoms with Gasteiger partial charge in [0, 0.05) is 10.7 Å². The molecule has 1 aromatic carbocycles. The Kier molecular flexibility index (Phi) is 3.62. The monoisotopic (exact) mass is 308 g/mol. The van der Waals surface area contributed by atoms with Gasteiger partial charge in [0.25, 0.3) is 0 Å². The van der Waals surface area contributed by atoms with E-state index in [0.29, 0.717) is 22.1 Å². The number of hydrogen-bond acceptors (Lipinski definition) is 3. The van der Waals surface area contributed by atoms with Crippen molar-refractivity contribution in [2.24, 2.45) is 0 Å². The Morgan fingerprint density at radius 3 is 2.88 bits per heavy atom. The van der Waals surface area contributed by atoms with Crippen molar-refractivity contribution in [2.45, 2.75) is 0 Å². The molecule has 0 radical (unpaired) electrons. The average molecular weight is 310 g/mol. The minimum absolute atomic E-state index is 0.384. The van der Waals surface area contributed by atoms with Crippen molar-refractivity contribution >= 4 is 27.5 Å². The molecule has 5 heteroatoms. The van der Waals surface area contributed by atoms with Crippen LogP contribution in [-0.2, 0) is 0 Å². The van der Waals surface area contributed by atoms with E-state index in [0.717, 1.165) is 4.47 Å². The summed E-state index contributed by atoms with van der Waals surface area (Å²) >= 11 is 9.32. The number of pyridine rings is 1. The van der Waals surface area contributed by atoms with E-state index in [1.54, 1.807) is 18.2 Å². The zero-order valence-electron chi connectivity index (χ0n) is 8.52. The summed E-state index contributed by atoms with van der Waals surface area (Å²) in [6.45, 7) is 0. The summed E-state index contributed by atoms with van der Waals surface area (Å²) in [5.74, 6) is 0.862. The van der Waals surface area contributed by atoms with Gasteiger partial charge in [-0.1, -0.05) is 27.5 Å². The van der Waals surface area contributed by atoms with Crippen molar-refractivity contribution in [2.75, 3.05) is 0 Å². The molecule has 2 aromatic rings. The van der Waals surface area contributed by atoms with Crippen LogP contribution in [0.3, 0.4) is 0 Å². The number of nitriles is 1. The fourth-order valence-corrected chi connectivity index (χ4v) is 1.72. The molecule has 0 aliphatic rings. The third-order valence-electron chi connectivity index (χ3n) is 2.02. The van der Waals surface area contributed by atoms with Crippen LogP contribution in [0.4, 0.5) is 0 Å². The number of halogens is 2. The predicted molar refractivity (Wildman–Crippen MR) is 68.2 cm³/mol. The van der Waals surface area contributed by atoms with Gasteiger partial charge in [0.2, 0.25) is 0 Å². The second kappa shape index (κ2) is 5.17. The molecular formula is C12H6BrClN2O. The number of benzene rings is 1. The Morgan fingerprint density at radius 2 is 2.12 bits per heavy atom. The lowest BCUT2D eigenvalue weighted by Gasteiger charge is -2.08. The van der Waals surface area contributed by atoms with Crippen LogP contribution in [0.15, 0.2) is 41.1 Å². The van der Waals surface area contributed by atoms with E-state index >= 15 is 0 Å². The zero-order valence-corrected chi connectivity index (χ0v) is 10.9. The van der Waals surface area contributed by atoms with Gasteiger partial charge in [-0.05, 0) is 24.3 Å². The Hall–Kier alpha value is -1.57. The summed E-state index contributed by atoms with van der Waals surface area (Å²) < 4.78 is 6.41. The van der Waals surface area contributed by atoms with Gasteiger partial charge < -0.3 is 4.74 Å². The number of aromatic nitrogens is 1. The molecule has 0 bridgehead atoms. The maximum absolute atomic E-state index is 8.92. The Balaban J connectivity index is 2.38. The lowest BCUT2D eigenvalue weighted by Crippen LogP contribution is -1.90. The summed E-state index contributed by atoms with van der Waals surface area (Å²) in [6, 6.07) is 8.87. The van der Waals surface area contributed by atoms with Crippen LogP contribution in [0.5, 0.6) is 11.5 Å². The highest BCUT2D eigenvalue weighted by molar-refractivity contribution is 9.10. The highest BCUT2D eigenvalue weighted by Crippen LogP contribution is 2.32. The zero-order chi connectivity index (χ0) is 12.3. The van der Waals surface area contributed by atoms with Crippen molar-refractivity contribution in [1.29, 1.82) is 5.26 Å². The van der Waals surface area contributed by atoms with E-state index in [1.165, 1.54) is 12.4 Å². The molecule has 0 spiro atoms. The van der Waals surface area contributed by atoms with Crippen LogP contribution in [0, 0.1) is 11.3 Å². The second-order valence-electron chi connectivity index (χ2n) is 3.16. The quantitative estimate of drug-likeness (QED) is 0.836. The lowest BCUT2D eigenvalue weighted by molar-refractivity contribution is 0.478. The first-order valence-electron chi connectivity index (χ1n) is 4.67. The van der Waals surface area contributed by atoms with Gasteiger partial charge in [0.1, 0.15) is 11.8 Å². The molecule has 0 fully saturated rings. The second-order valence-corrected chi connectivity index (χ2v) is 4.48. The van der Waals surface area contributed by atoms with E-state index in [1.807, 2.05) is 12.1 Å². The Morgan fingerprint density at radius 1 is 1.29 bits per heavy atom. The molecule has 0 saturated carbocycles. The molecule has 0 N–H and O–H groups in total. The van der Waals surface area contributed by atoms with Crippen LogP contribution >= 0.6 is 27.5 Å². The maximum Gasteiger partial charge on any atom is 0.163 e. The van der Waals surface area contributed by atoms with Gasteiger partial charge in [0.15, 0.2) is 5.75 Å². The number of rotatable bonds is 2. The highest BCUT2D eigenvalue weighted by Gasteiger charge is 2.07. The van der Waals surface area contributed by atoms with E-state index in [4.69, 9.17) is 21.6 Å². The smallest absolute Gasteiger partial charge is 0.163 e. The highest BCUT2D eigenvalue weighted by atomic mass is 79.9. The summed E-state index contributed by atoms with van der Waals surface area (Å²) in [5, 5.41) is 9.39. The van der Waals surface area contributed by atoms with Crippen LogP contribution in [0.25, 0.3) is 0 Å². The molecule has 0 saturated heterocycles. The summed E-state index contributed by atoms with van der Waals surface area (Å²) in [6.07, 6.45) is 3.02. The van der Waals surface area contributed by atoms with Gasteiger partial charge >= 0.3 is 0 Å². The van der Waals surface area contributed by atoms with Crippen LogP contribution in [-0.4, -0.2) is 4.98 Å². The first kappa shape index (κ1) is 11.9. The molecule has 1 heterocycles. The van der Waals surface area contributed by atoms with Crippen molar-refractivity contribution in [3.8, 4) is 17.6 Å². The first-order valence-corrected chi connectivity index (χ1v) is 5.85. The molecule has 17 heavy (non-hydrogen) atoms. The van der Waals surface area contributed by atoms with Crippen molar-refractivity contribution in [3.05, 3.63) is 51.7 Å². The summed E-state index contributed by atoms with van der Waals surface area (Å²) in [7, 11) is 0. The van der Waals surface area contributed by atoms with Crippen molar-refractivity contribution < 1.29 is 4.74 Å². The van der Waals surface area contributed by atoms with E-state index in [2.05, 4.69) is 20.9 Å². The minimum atomic E-state index is 0.384. The predicted octanol–water partition coefficient (Wildman–Crippen LogP) is 4.16. The Bertz CT molecular complexity index is 595. The average Bonchev–Trinajstić information content (AvgIpc) is 2.34. The van der Waals surface area contributed by atoms with Crippen LogP contribution in [0.2, 0.25) is 5.02 Å². The van der Waals surface area contributed by atoms with Crippen molar-refractivity contribution in [3.63, 3.8) is 0 Å². The molecule has 0 unspecified atom stereocenters. The van der Waals surface area contributed by atoms with Gasteiger partial charge in [0.05, 0.1) is 16.8 Å². The third kappa shape index (κ3) is 2.76. The third-order valence-corrected chi connectivity index (χ3v) is 2.82. The lowest BCUT2D eigenvalue weighted by atomic mass is 10.2. The molecular weight excluding hydrogens is 304 g/mol. The van der Waals surface area contributed by atoms with Crippen LogP contribution < -0.4 is 4.74 Å². The fourth-order valence-electron chi connectivity index (χ4n) is 1.23. The molecule has 0 atom stereocenters. The molecule has 1 aromatic heterocycles. The maximum atomic E-state index is 8.92. The fraction of sp³-hybridized carbons (Fsp3) is 0. The topological polar surface area (TPSA) is 45.9 Å². The first-order chi connectivity index (χ1) is 8.20. The molecule has 0 aliphatic heterocycles. The van der Waals surface area contributed by atoms with Gasteiger partial charge in [-0.15, -0.1) is 0 Å². The largest absolute Gasteiger partial charge is 0.453 e. The molecule has 0 amide bonds. The summed E-state index contributed by atoms with van der Waals surface area (Å²) in [5.41, 5.74) is 0.413. The Labute approximate surface area is 112 Å². The van der Waals surface area contributed by atoms with Gasteiger partial charge in [-0.25, -0.2) is 0 Å². The normalized spacial score (nSPS) is 9.71. The molecule has 3 nitrogen and oxygen atoms in total. The van der Waals surface area contributed by atoms with Crippen molar-refractivity contribution in [1.82, 2.24) is 4.98 Å².